The first-order valence-electron chi connectivity index (χ1n) is 18.7. The van der Waals surface area contributed by atoms with Crippen molar-refractivity contribution in [1.29, 1.82) is 0 Å². The van der Waals surface area contributed by atoms with Crippen LogP contribution >= 0.6 is 0 Å². The molecule has 1 saturated heterocycles. The second kappa shape index (κ2) is 17.7. The summed E-state index contributed by atoms with van der Waals surface area (Å²) in [5, 5.41) is 20.7. The van der Waals surface area contributed by atoms with Crippen molar-refractivity contribution in [2.75, 3.05) is 27.2 Å². The van der Waals surface area contributed by atoms with Crippen LogP contribution in [0.4, 0.5) is 8.78 Å². The fourth-order valence-electron chi connectivity index (χ4n) is 6.83. The molecule has 0 bridgehead atoms. The van der Waals surface area contributed by atoms with E-state index in [0.717, 1.165) is 17.1 Å². The molecule has 1 aliphatic rings. The molecule has 0 aliphatic carbocycles. The van der Waals surface area contributed by atoms with Gasteiger partial charge in [0.25, 0.3) is 0 Å². The highest BCUT2D eigenvalue weighted by Gasteiger charge is 2.27. The number of halogens is 2. The highest BCUT2D eigenvalue weighted by Crippen LogP contribution is 2.38. The van der Waals surface area contributed by atoms with E-state index in [9.17, 15) is 45.4 Å². The van der Waals surface area contributed by atoms with E-state index in [0.29, 0.717) is 79.9 Å². The van der Waals surface area contributed by atoms with E-state index in [1.165, 1.54) is 79.1 Å². The number of hydrogen-bond donors (Lipinski definition) is 2. The number of benzene rings is 6. The Morgan fingerprint density at radius 1 is 0.633 bits per heavy atom. The number of fused-ring (bicyclic) bond motifs is 2. The average Bonchev–Trinajstić information content (AvgIpc) is 3.75. The molecule has 7 rings (SSSR count). The molecule has 0 atom stereocenters. The quantitative estimate of drug-likeness (QED) is 0.122. The Morgan fingerprint density at radius 2 is 1.03 bits per heavy atom. The molecule has 1 aliphatic heterocycles. The maximum Gasteiger partial charge on any atom is 0.307 e. The van der Waals surface area contributed by atoms with Gasteiger partial charge >= 0.3 is 11.9 Å². The summed E-state index contributed by atoms with van der Waals surface area (Å²) >= 11 is 0. The van der Waals surface area contributed by atoms with Crippen molar-refractivity contribution in [2.24, 2.45) is 0 Å². The van der Waals surface area contributed by atoms with Gasteiger partial charge in [-0.15, -0.1) is 0 Å². The summed E-state index contributed by atoms with van der Waals surface area (Å²) in [5.41, 5.74) is 2.29. The molecule has 1 fully saturated rings. The van der Waals surface area contributed by atoms with Gasteiger partial charge in [0.1, 0.15) is 34.6 Å². The van der Waals surface area contributed by atoms with Crippen LogP contribution in [0.1, 0.15) is 35.1 Å². The number of carbonyl (C=O) groups is 2. The molecule has 0 saturated carbocycles. The third-order valence-electron chi connectivity index (χ3n) is 10.1. The Balaban J connectivity index is 0.000000202. The minimum Gasteiger partial charge on any atom is -0.481 e. The van der Waals surface area contributed by atoms with Crippen LogP contribution in [-0.2, 0) is 42.5 Å². The fraction of sp³-hybridized carbons (Fsp3) is 0.227. The van der Waals surface area contributed by atoms with Gasteiger partial charge in [-0.25, -0.2) is 29.9 Å². The van der Waals surface area contributed by atoms with Gasteiger partial charge in [-0.1, -0.05) is 24.3 Å². The lowest BCUT2D eigenvalue weighted by atomic mass is 9.98. The summed E-state index contributed by atoms with van der Waals surface area (Å²) in [4.78, 5) is 22.8. The van der Waals surface area contributed by atoms with Gasteiger partial charge in [-0.3, -0.25) is 9.59 Å². The van der Waals surface area contributed by atoms with Crippen LogP contribution in [0.15, 0.2) is 107 Å². The Kier molecular flexibility index (Phi) is 12.9. The van der Waals surface area contributed by atoms with Crippen LogP contribution in [0.3, 0.4) is 0 Å². The van der Waals surface area contributed by atoms with E-state index in [1.54, 1.807) is 50.2 Å². The molecule has 2 N–H and O–H groups in total. The van der Waals surface area contributed by atoms with Crippen LogP contribution in [-0.4, -0.2) is 74.8 Å². The van der Waals surface area contributed by atoms with E-state index in [2.05, 4.69) is 0 Å². The predicted molar refractivity (Wildman–Crippen MR) is 222 cm³/mol. The number of nitrogens with zero attached hydrogens (tertiary/aromatic N) is 2. The number of hydrogen-bond acceptors (Lipinski definition) is 8. The third-order valence-corrected chi connectivity index (χ3v) is 13.8. The monoisotopic (exact) mass is 860 g/mol. The first kappa shape index (κ1) is 43.6. The summed E-state index contributed by atoms with van der Waals surface area (Å²) in [6.45, 7) is 4.48. The second-order valence-electron chi connectivity index (χ2n) is 14.4. The van der Waals surface area contributed by atoms with Crippen molar-refractivity contribution in [2.45, 2.75) is 49.3 Å². The number of sulfonamides is 2. The van der Waals surface area contributed by atoms with Gasteiger partial charge < -0.3 is 19.7 Å². The first-order valence-corrected chi connectivity index (χ1v) is 21.6. The zero-order valence-corrected chi connectivity index (χ0v) is 34.7. The molecule has 16 heteroatoms. The van der Waals surface area contributed by atoms with Crippen LogP contribution in [0.25, 0.3) is 21.5 Å². The molecule has 0 amide bonds. The lowest BCUT2D eigenvalue weighted by Gasteiger charge is -2.17. The van der Waals surface area contributed by atoms with Crippen LogP contribution in [0, 0.1) is 25.5 Å². The van der Waals surface area contributed by atoms with Gasteiger partial charge in [-0.2, -0.15) is 4.31 Å². The highest BCUT2D eigenvalue weighted by molar-refractivity contribution is 7.89. The number of ether oxygens (including phenoxy) is 2. The molecule has 6 aromatic rings. The van der Waals surface area contributed by atoms with Crippen LogP contribution in [0.5, 0.6) is 23.0 Å². The van der Waals surface area contributed by atoms with Gasteiger partial charge in [0, 0.05) is 38.0 Å². The Bertz CT molecular complexity index is 2830. The first-order chi connectivity index (χ1) is 28.3. The van der Waals surface area contributed by atoms with E-state index < -0.39 is 43.6 Å². The van der Waals surface area contributed by atoms with Crippen LogP contribution in [0.2, 0.25) is 0 Å². The van der Waals surface area contributed by atoms with Crippen molar-refractivity contribution in [3.8, 4) is 23.0 Å². The third kappa shape index (κ3) is 9.57. The average molecular weight is 861 g/mol. The summed E-state index contributed by atoms with van der Waals surface area (Å²) < 4.78 is 92.1. The maximum atomic E-state index is 13.9. The standard InChI is InChI=1S/C23H22FNO5S.C21H20FNO5S/c1-15-17(13-22(26)27)12-16-4-5-18(24)14-21(16)23(15)30-19-6-8-20(9-7-19)31(28,29)25-10-2-3-11-25;1-13-15(11-20(24)25)10-14-4-5-16(22)12-19(14)21(13)28-17-6-8-18(9-7-17)29(26,27)23(2)3/h4-9,12,14H,2-3,10-11,13H2,1H3,(H,26,27);4-10,12H,11H2,1-3H3,(H,24,25). The minimum atomic E-state index is -3.57. The van der Waals surface area contributed by atoms with Gasteiger partial charge in [0.2, 0.25) is 20.0 Å². The van der Waals surface area contributed by atoms with Gasteiger partial charge in [-0.05, 0) is 133 Å². The molecule has 0 radical (unpaired) electrons. The minimum absolute atomic E-state index is 0.113. The number of aliphatic carboxylic acids is 2. The van der Waals surface area contributed by atoms with Gasteiger partial charge in [0.05, 0.1) is 22.6 Å². The number of rotatable bonds is 12. The van der Waals surface area contributed by atoms with Crippen molar-refractivity contribution in [3.05, 3.63) is 131 Å². The van der Waals surface area contributed by atoms with Crippen molar-refractivity contribution < 1.29 is 54.9 Å². The molecular weight excluding hydrogens is 819 g/mol. The molecule has 12 nitrogen and oxygen atoms in total. The molecule has 60 heavy (non-hydrogen) atoms. The lowest BCUT2D eigenvalue weighted by molar-refractivity contribution is -0.137. The fourth-order valence-corrected chi connectivity index (χ4v) is 9.25. The van der Waals surface area contributed by atoms with Crippen molar-refractivity contribution in [3.63, 3.8) is 0 Å². The molecule has 0 unspecified atom stereocenters. The van der Waals surface area contributed by atoms with E-state index in [1.807, 2.05) is 0 Å². The summed E-state index contributed by atoms with van der Waals surface area (Å²) in [6, 6.07) is 23.8. The topological polar surface area (TPSA) is 168 Å². The molecule has 0 spiro atoms. The van der Waals surface area contributed by atoms with E-state index in [-0.39, 0.29) is 22.6 Å². The summed E-state index contributed by atoms with van der Waals surface area (Å²) in [7, 11) is -4.22. The highest BCUT2D eigenvalue weighted by atomic mass is 32.2. The summed E-state index contributed by atoms with van der Waals surface area (Å²) in [6.07, 6.45) is 1.32. The molecule has 1 heterocycles. The van der Waals surface area contributed by atoms with Crippen molar-refractivity contribution in [1.82, 2.24) is 8.61 Å². The zero-order chi connectivity index (χ0) is 43.5. The molecule has 0 aromatic heterocycles. The maximum absolute atomic E-state index is 13.9. The molecular formula is C44H42F2N2O10S2. The Labute approximate surface area is 346 Å². The summed E-state index contributed by atoms with van der Waals surface area (Å²) in [5.74, 6) is -1.43. The van der Waals surface area contributed by atoms with E-state index in [4.69, 9.17) is 9.47 Å². The SMILES string of the molecule is Cc1c(CC(=O)O)cc2ccc(F)cc2c1Oc1ccc(S(=O)(=O)N(C)C)cc1.Cc1c(CC(=O)O)cc2ccc(F)cc2c1Oc1ccc(S(=O)(=O)N2CCCC2)cc1. The lowest BCUT2D eigenvalue weighted by Crippen LogP contribution is -2.27. The second-order valence-corrected chi connectivity index (χ2v) is 18.5. The van der Waals surface area contributed by atoms with Crippen molar-refractivity contribution >= 4 is 53.5 Å². The Morgan fingerprint density at radius 3 is 1.42 bits per heavy atom. The predicted octanol–water partition coefficient (Wildman–Crippen LogP) is 8.45. The Hall–Kier alpha value is -5.94. The number of carboxylic acid groups (broad SMARTS) is 2. The number of carboxylic acids is 2. The largest absolute Gasteiger partial charge is 0.481 e. The van der Waals surface area contributed by atoms with Crippen LogP contribution < -0.4 is 9.47 Å². The van der Waals surface area contributed by atoms with E-state index >= 15 is 0 Å². The normalized spacial score (nSPS) is 13.3. The smallest absolute Gasteiger partial charge is 0.307 e. The zero-order valence-electron chi connectivity index (χ0n) is 33.1. The molecule has 314 valence electrons. The van der Waals surface area contributed by atoms with Gasteiger partial charge in [0.15, 0.2) is 0 Å². The molecule has 6 aromatic carbocycles.